The molecule has 0 aromatic heterocycles. The zero-order chi connectivity index (χ0) is 12.5. The lowest BCUT2D eigenvalue weighted by Gasteiger charge is -2.26. The molecule has 2 fully saturated rings. The summed E-state index contributed by atoms with van der Waals surface area (Å²) in [7, 11) is 0. The van der Waals surface area contributed by atoms with E-state index >= 15 is 0 Å². The molecule has 2 N–H and O–H groups in total. The molecule has 1 saturated heterocycles. The minimum atomic E-state index is -0.851. The van der Waals surface area contributed by atoms with Crippen molar-refractivity contribution in [2.45, 2.75) is 38.1 Å². The number of carbonyl (C=O) groups is 2. The van der Waals surface area contributed by atoms with Crippen molar-refractivity contribution in [3.05, 3.63) is 0 Å². The van der Waals surface area contributed by atoms with Crippen LogP contribution in [-0.2, 0) is 14.3 Å². The zero-order valence-electron chi connectivity index (χ0n) is 10.1. The first kappa shape index (κ1) is 12.4. The second kappa shape index (κ2) is 4.64. The van der Waals surface area contributed by atoms with Crippen molar-refractivity contribution in [2.75, 3.05) is 13.2 Å². The Morgan fingerprint density at radius 3 is 2.65 bits per heavy atom. The zero-order valence-corrected chi connectivity index (χ0v) is 10.1. The van der Waals surface area contributed by atoms with Crippen molar-refractivity contribution in [1.82, 2.24) is 5.32 Å². The number of ether oxygens (including phenoxy) is 1. The third-order valence-corrected chi connectivity index (χ3v) is 3.81. The summed E-state index contributed by atoms with van der Waals surface area (Å²) in [6.45, 7) is 3.12. The van der Waals surface area contributed by atoms with Crippen molar-refractivity contribution in [3.63, 3.8) is 0 Å². The first-order valence-corrected chi connectivity index (χ1v) is 6.14. The lowest BCUT2D eigenvalue weighted by Crippen LogP contribution is -2.49. The van der Waals surface area contributed by atoms with Gasteiger partial charge in [-0.15, -0.1) is 0 Å². The van der Waals surface area contributed by atoms with Gasteiger partial charge in [-0.1, -0.05) is 6.42 Å². The van der Waals surface area contributed by atoms with Gasteiger partial charge in [-0.2, -0.15) is 0 Å². The number of carboxylic acid groups (broad SMARTS) is 1. The van der Waals surface area contributed by atoms with Gasteiger partial charge in [0.15, 0.2) is 0 Å². The van der Waals surface area contributed by atoms with Crippen molar-refractivity contribution in [3.8, 4) is 0 Å². The third kappa shape index (κ3) is 2.60. The van der Waals surface area contributed by atoms with E-state index in [1.165, 1.54) is 0 Å². The van der Waals surface area contributed by atoms with E-state index in [0.29, 0.717) is 26.1 Å². The maximum absolute atomic E-state index is 12.1. The maximum Gasteiger partial charge on any atom is 0.307 e. The Labute approximate surface area is 101 Å². The lowest BCUT2D eigenvalue weighted by atomic mass is 9.93. The van der Waals surface area contributed by atoms with Crippen molar-refractivity contribution in [2.24, 2.45) is 11.8 Å². The summed E-state index contributed by atoms with van der Waals surface area (Å²) in [4.78, 5) is 23.1. The van der Waals surface area contributed by atoms with Crippen LogP contribution in [0.3, 0.4) is 0 Å². The Bertz CT molecular complexity index is 322. The standard InChI is InChI=1S/C12H19NO4/c1-12(5-6-17-7-12)13-10(14)8-3-2-4-9(8)11(15)16/h8-9H,2-7H2,1H3,(H,13,14)(H,15,16). The molecule has 17 heavy (non-hydrogen) atoms. The summed E-state index contributed by atoms with van der Waals surface area (Å²) in [6.07, 6.45) is 2.91. The van der Waals surface area contributed by atoms with Crippen LogP contribution in [0, 0.1) is 11.8 Å². The molecule has 1 amide bonds. The van der Waals surface area contributed by atoms with Gasteiger partial charge in [0.1, 0.15) is 0 Å². The molecule has 1 aliphatic carbocycles. The van der Waals surface area contributed by atoms with Crippen LogP contribution in [0.5, 0.6) is 0 Å². The molecule has 0 radical (unpaired) electrons. The number of carboxylic acids is 1. The first-order chi connectivity index (χ1) is 8.02. The summed E-state index contributed by atoms with van der Waals surface area (Å²) < 4.78 is 5.27. The summed E-state index contributed by atoms with van der Waals surface area (Å²) in [5.41, 5.74) is -0.317. The molecule has 2 rings (SSSR count). The number of carbonyl (C=O) groups excluding carboxylic acids is 1. The first-order valence-electron chi connectivity index (χ1n) is 6.14. The van der Waals surface area contributed by atoms with Gasteiger partial charge < -0.3 is 15.2 Å². The highest BCUT2D eigenvalue weighted by Gasteiger charge is 2.40. The van der Waals surface area contributed by atoms with Crippen LogP contribution < -0.4 is 5.32 Å². The molecule has 0 aromatic carbocycles. The lowest BCUT2D eigenvalue weighted by molar-refractivity contribution is -0.146. The van der Waals surface area contributed by atoms with E-state index in [2.05, 4.69) is 5.32 Å². The fourth-order valence-electron chi connectivity index (χ4n) is 2.73. The van der Waals surface area contributed by atoms with Gasteiger partial charge in [-0.05, 0) is 26.2 Å². The third-order valence-electron chi connectivity index (χ3n) is 3.81. The summed E-state index contributed by atoms with van der Waals surface area (Å²) in [6, 6.07) is 0. The number of hydrogen-bond donors (Lipinski definition) is 2. The maximum atomic E-state index is 12.1. The number of hydrogen-bond acceptors (Lipinski definition) is 3. The molecule has 5 nitrogen and oxygen atoms in total. The van der Waals surface area contributed by atoms with Crippen LogP contribution in [0.4, 0.5) is 0 Å². The van der Waals surface area contributed by atoms with Gasteiger partial charge >= 0.3 is 5.97 Å². The number of nitrogens with one attached hydrogen (secondary N) is 1. The predicted molar refractivity (Wildman–Crippen MR) is 60.5 cm³/mol. The van der Waals surface area contributed by atoms with Crippen LogP contribution >= 0.6 is 0 Å². The van der Waals surface area contributed by atoms with E-state index in [4.69, 9.17) is 9.84 Å². The second-order valence-electron chi connectivity index (χ2n) is 5.33. The molecule has 0 spiro atoms. The fourth-order valence-corrected chi connectivity index (χ4v) is 2.73. The topological polar surface area (TPSA) is 75.6 Å². The van der Waals surface area contributed by atoms with Crippen LogP contribution in [0.25, 0.3) is 0 Å². The average Bonchev–Trinajstić information content (AvgIpc) is 2.85. The highest BCUT2D eigenvalue weighted by Crippen LogP contribution is 2.33. The summed E-state index contributed by atoms with van der Waals surface area (Å²) in [5, 5.41) is 12.0. The Balaban J connectivity index is 1.97. The van der Waals surface area contributed by atoms with Crippen LogP contribution in [0.1, 0.15) is 32.6 Å². The Morgan fingerprint density at radius 2 is 2.06 bits per heavy atom. The Morgan fingerprint density at radius 1 is 1.35 bits per heavy atom. The molecule has 3 atom stereocenters. The van der Waals surface area contributed by atoms with E-state index in [9.17, 15) is 9.59 Å². The molecule has 0 bridgehead atoms. The quantitative estimate of drug-likeness (QED) is 0.765. The predicted octanol–water partition coefficient (Wildman–Crippen LogP) is 0.782. The SMILES string of the molecule is CC1(NC(=O)C2CCCC2C(=O)O)CCOC1. The van der Waals surface area contributed by atoms with Crippen LogP contribution in [0.15, 0.2) is 0 Å². The molecular weight excluding hydrogens is 222 g/mol. The molecule has 96 valence electrons. The molecule has 1 aliphatic heterocycles. The van der Waals surface area contributed by atoms with Crippen molar-refractivity contribution >= 4 is 11.9 Å². The largest absolute Gasteiger partial charge is 0.481 e. The van der Waals surface area contributed by atoms with Gasteiger partial charge in [0.2, 0.25) is 5.91 Å². The number of rotatable bonds is 3. The summed E-state index contributed by atoms with van der Waals surface area (Å²) >= 11 is 0. The highest BCUT2D eigenvalue weighted by molar-refractivity contribution is 5.85. The Kier molecular flexibility index (Phi) is 3.38. The normalized spacial score (nSPS) is 37.0. The molecule has 3 unspecified atom stereocenters. The van der Waals surface area contributed by atoms with Crippen LogP contribution in [-0.4, -0.2) is 35.7 Å². The molecule has 2 aliphatic rings. The molecule has 5 heteroatoms. The molecule has 1 saturated carbocycles. The molecule has 1 heterocycles. The molecular formula is C12H19NO4. The van der Waals surface area contributed by atoms with E-state index in [1.807, 2.05) is 6.92 Å². The van der Waals surface area contributed by atoms with Gasteiger partial charge in [0, 0.05) is 6.61 Å². The number of aliphatic carboxylic acids is 1. The average molecular weight is 241 g/mol. The van der Waals surface area contributed by atoms with E-state index in [1.54, 1.807) is 0 Å². The molecule has 0 aromatic rings. The van der Waals surface area contributed by atoms with Gasteiger partial charge in [-0.3, -0.25) is 9.59 Å². The van der Waals surface area contributed by atoms with E-state index < -0.39 is 11.9 Å². The van der Waals surface area contributed by atoms with E-state index in [-0.39, 0.29) is 17.4 Å². The van der Waals surface area contributed by atoms with Crippen molar-refractivity contribution in [1.29, 1.82) is 0 Å². The van der Waals surface area contributed by atoms with Crippen LogP contribution in [0.2, 0.25) is 0 Å². The smallest absolute Gasteiger partial charge is 0.307 e. The van der Waals surface area contributed by atoms with E-state index in [0.717, 1.165) is 12.8 Å². The van der Waals surface area contributed by atoms with Gasteiger partial charge in [0.05, 0.1) is 24.0 Å². The Hall–Kier alpha value is -1.10. The second-order valence-corrected chi connectivity index (χ2v) is 5.33. The van der Waals surface area contributed by atoms with Gasteiger partial charge in [0.25, 0.3) is 0 Å². The number of amides is 1. The monoisotopic (exact) mass is 241 g/mol. The highest BCUT2D eigenvalue weighted by atomic mass is 16.5. The minimum absolute atomic E-state index is 0.122. The minimum Gasteiger partial charge on any atom is -0.481 e. The fraction of sp³-hybridized carbons (Fsp3) is 0.833. The van der Waals surface area contributed by atoms with Gasteiger partial charge in [-0.25, -0.2) is 0 Å². The summed E-state index contributed by atoms with van der Waals surface area (Å²) in [5.74, 6) is -1.86. The van der Waals surface area contributed by atoms with Crippen molar-refractivity contribution < 1.29 is 19.4 Å².